The molecule has 2 N–H and O–H groups in total. The Morgan fingerprint density at radius 3 is 2.62 bits per heavy atom. The summed E-state index contributed by atoms with van der Waals surface area (Å²) in [5.41, 5.74) is 1.98. The van der Waals surface area contributed by atoms with E-state index in [4.69, 9.17) is 14.2 Å². The number of rotatable bonds is 10. The standard InChI is InChI=1S/C23H24N2O6S/c1-29-19-6-4-3-5-17(19)25-21(27)12-22-24-16(14-32-22)13-31-23(28)10-8-15-7-9-20(30-2)18(26)11-15/h3-7,9,11,14,26H,8,10,12-13H2,1-2H3,(H,25,27). The van der Waals surface area contributed by atoms with Crippen molar-refractivity contribution in [3.8, 4) is 17.2 Å². The van der Waals surface area contributed by atoms with Crippen LogP contribution in [0, 0.1) is 0 Å². The van der Waals surface area contributed by atoms with Crippen molar-refractivity contribution in [2.45, 2.75) is 25.9 Å². The van der Waals surface area contributed by atoms with Crippen LogP contribution >= 0.6 is 11.3 Å². The average Bonchev–Trinajstić information content (AvgIpc) is 3.23. The molecule has 1 amide bonds. The summed E-state index contributed by atoms with van der Waals surface area (Å²) in [7, 11) is 3.02. The second-order valence-corrected chi connectivity index (χ2v) is 7.77. The number of nitrogens with one attached hydrogen (secondary N) is 1. The highest BCUT2D eigenvalue weighted by Gasteiger charge is 2.12. The van der Waals surface area contributed by atoms with E-state index in [9.17, 15) is 14.7 Å². The summed E-state index contributed by atoms with van der Waals surface area (Å²) in [5.74, 6) is 0.409. The summed E-state index contributed by atoms with van der Waals surface area (Å²) in [6.45, 7) is 0.0390. The van der Waals surface area contributed by atoms with Gasteiger partial charge in [-0.2, -0.15) is 0 Å². The van der Waals surface area contributed by atoms with Gasteiger partial charge in [0.05, 0.1) is 32.0 Å². The van der Waals surface area contributed by atoms with Crippen LogP contribution in [0.4, 0.5) is 5.69 Å². The highest BCUT2D eigenvalue weighted by atomic mass is 32.1. The molecule has 0 unspecified atom stereocenters. The van der Waals surface area contributed by atoms with E-state index < -0.39 is 0 Å². The van der Waals surface area contributed by atoms with Crippen molar-refractivity contribution in [1.29, 1.82) is 0 Å². The third-order valence-corrected chi connectivity index (χ3v) is 5.43. The van der Waals surface area contributed by atoms with Crippen molar-refractivity contribution in [3.05, 3.63) is 64.1 Å². The molecule has 9 heteroatoms. The maximum Gasteiger partial charge on any atom is 0.306 e. The lowest BCUT2D eigenvalue weighted by Gasteiger charge is -2.08. The molecule has 0 aliphatic rings. The normalized spacial score (nSPS) is 10.4. The Hall–Kier alpha value is -3.59. The maximum absolute atomic E-state index is 12.3. The number of aromatic nitrogens is 1. The Morgan fingerprint density at radius 2 is 1.88 bits per heavy atom. The van der Waals surface area contributed by atoms with Crippen molar-refractivity contribution in [2.24, 2.45) is 0 Å². The molecule has 168 valence electrons. The highest BCUT2D eigenvalue weighted by molar-refractivity contribution is 7.09. The summed E-state index contributed by atoms with van der Waals surface area (Å²) >= 11 is 1.33. The molecule has 0 fully saturated rings. The number of para-hydroxylation sites is 2. The van der Waals surface area contributed by atoms with Crippen LogP contribution in [-0.2, 0) is 33.8 Å². The fraction of sp³-hybridized carbons (Fsp3) is 0.261. The van der Waals surface area contributed by atoms with Crippen LogP contribution in [0.5, 0.6) is 17.2 Å². The van der Waals surface area contributed by atoms with Crippen LogP contribution in [0.25, 0.3) is 0 Å². The molecule has 0 saturated heterocycles. The lowest BCUT2D eigenvalue weighted by Crippen LogP contribution is -2.15. The molecular formula is C23H24N2O6S. The number of phenols is 1. The van der Waals surface area contributed by atoms with E-state index in [1.54, 1.807) is 42.8 Å². The molecular weight excluding hydrogens is 432 g/mol. The monoisotopic (exact) mass is 456 g/mol. The molecule has 0 atom stereocenters. The van der Waals surface area contributed by atoms with E-state index in [0.29, 0.717) is 34.3 Å². The number of carbonyl (C=O) groups excluding carboxylic acids is 2. The third kappa shape index (κ3) is 6.45. The summed E-state index contributed by atoms with van der Waals surface area (Å²) in [4.78, 5) is 28.7. The predicted molar refractivity (Wildman–Crippen MR) is 120 cm³/mol. The number of esters is 1. The summed E-state index contributed by atoms with van der Waals surface area (Å²) in [6, 6.07) is 12.2. The summed E-state index contributed by atoms with van der Waals surface area (Å²) < 4.78 is 15.5. The zero-order valence-corrected chi connectivity index (χ0v) is 18.6. The Bertz CT molecular complexity index is 1080. The third-order valence-electron chi connectivity index (χ3n) is 4.53. The van der Waals surface area contributed by atoms with Gasteiger partial charge in [-0.1, -0.05) is 18.2 Å². The van der Waals surface area contributed by atoms with Crippen molar-refractivity contribution >= 4 is 28.9 Å². The molecule has 1 aromatic heterocycles. The minimum absolute atomic E-state index is 0.0307. The summed E-state index contributed by atoms with van der Waals surface area (Å²) in [5, 5.41) is 15.0. The number of ether oxygens (including phenoxy) is 3. The topological polar surface area (TPSA) is 107 Å². The minimum Gasteiger partial charge on any atom is -0.504 e. The smallest absolute Gasteiger partial charge is 0.306 e. The number of thiazole rings is 1. The number of amides is 1. The van der Waals surface area contributed by atoms with Crippen LogP contribution < -0.4 is 14.8 Å². The Morgan fingerprint density at radius 1 is 1.09 bits per heavy atom. The first kappa shape index (κ1) is 23.1. The molecule has 0 saturated carbocycles. The number of aromatic hydroxyl groups is 1. The molecule has 0 spiro atoms. The van der Waals surface area contributed by atoms with Gasteiger partial charge in [-0.3, -0.25) is 9.59 Å². The molecule has 3 aromatic rings. The SMILES string of the molecule is COc1ccc(CCC(=O)OCc2csc(CC(=O)Nc3ccccc3OC)n2)cc1O. The lowest BCUT2D eigenvalue weighted by molar-refractivity contribution is -0.145. The second kappa shape index (κ2) is 11.1. The Balaban J connectivity index is 1.44. The van der Waals surface area contributed by atoms with E-state index >= 15 is 0 Å². The van der Waals surface area contributed by atoms with E-state index in [-0.39, 0.29) is 37.1 Å². The van der Waals surface area contributed by atoms with Crippen LogP contribution in [0.15, 0.2) is 47.8 Å². The van der Waals surface area contributed by atoms with E-state index in [2.05, 4.69) is 10.3 Å². The molecule has 0 bridgehead atoms. The number of anilines is 1. The van der Waals surface area contributed by atoms with Gasteiger partial charge < -0.3 is 24.6 Å². The minimum atomic E-state index is -0.372. The Labute approximate surface area is 189 Å². The second-order valence-electron chi connectivity index (χ2n) is 6.82. The highest BCUT2D eigenvalue weighted by Crippen LogP contribution is 2.27. The summed E-state index contributed by atoms with van der Waals surface area (Å²) in [6.07, 6.45) is 0.712. The average molecular weight is 457 g/mol. The number of hydrogen-bond donors (Lipinski definition) is 2. The molecule has 0 aliphatic heterocycles. The van der Waals surface area contributed by atoms with Gasteiger partial charge in [-0.05, 0) is 36.2 Å². The fourth-order valence-electron chi connectivity index (χ4n) is 2.94. The van der Waals surface area contributed by atoms with Gasteiger partial charge in [0.1, 0.15) is 17.4 Å². The number of aryl methyl sites for hydroxylation is 1. The van der Waals surface area contributed by atoms with E-state index in [0.717, 1.165) is 5.56 Å². The van der Waals surface area contributed by atoms with Gasteiger partial charge in [-0.25, -0.2) is 4.98 Å². The first-order valence-corrected chi connectivity index (χ1v) is 10.7. The van der Waals surface area contributed by atoms with E-state index in [1.807, 2.05) is 12.1 Å². The largest absolute Gasteiger partial charge is 0.504 e. The van der Waals surface area contributed by atoms with Crippen molar-refractivity contribution in [1.82, 2.24) is 4.98 Å². The number of benzene rings is 2. The number of phenolic OH excluding ortho intramolecular Hbond substituents is 1. The van der Waals surface area contributed by atoms with Crippen molar-refractivity contribution in [2.75, 3.05) is 19.5 Å². The van der Waals surface area contributed by atoms with Gasteiger partial charge >= 0.3 is 5.97 Å². The molecule has 0 radical (unpaired) electrons. The van der Waals surface area contributed by atoms with Gasteiger partial charge in [-0.15, -0.1) is 11.3 Å². The lowest BCUT2D eigenvalue weighted by atomic mass is 10.1. The van der Waals surface area contributed by atoms with Gasteiger partial charge in [0.15, 0.2) is 11.5 Å². The number of carbonyl (C=O) groups is 2. The first-order chi connectivity index (χ1) is 15.5. The van der Waals surface area contributed by atoms with Crippen LogP contribution in [0.3, 0.4) is 0 Å². The van der Waals surface area contributed by atoms with Gasteiger partial charge in [0.25, 0.3) is 0 Å². The maximum atomic E-state index is 12.3. The zero-order valence-electron chi connectivity index (χ0n) is 17.8. The quantitative estimate of drug-likeness (QED) is 0.448. The molecule has 8 nitrogen and oxygen atoms in total. The first-order valence-electron chi connectivity index (χ1n) is 9.86. The zero-order chi connectivity index (χ0) is 22.9. The number of nitrogens with zero attached hydrogens (tertiary/aromatic N) is 1. The number of hydrogen-bond acceptors (Lipinski definition) is 8. The fourth-order valence-corrected chi connectivity index (χ4v) is 3.72. The van der Waals surface area contributed by atoms with Gasteiger partial charge in [0, 0.05) is 11.8 Å². The van der Waals surface area contributed by atoms with Crippen LogP contribution in [0.2, 0.25) is 0 Å². The van der Waals surface area contributed by atoms with Crippen LogP contribution in [-0.4, -0.2) is 36.2 Å². The predicted octanol–water partition coefficient (Wildman–Crippen LogP) is 3.72. The molecule has 0 aliphatic carbocycles. The molecule has 3 rings (SSSR count). The van der Waals surface area contributed by atoms with Crippen molar-refractivity contribution < 1.29 is 28.9 Å². The molecule has 2 aromatic carbocycles. The number of methoxy groups -OCH3 is 2. The van der Waals surface area contributed by atoms with Gasteiger partial charge in [0.2, 0.25) is 5.91 Å². The van der Waals surface area contributed by atoms with E-state index in [1.165, 1.54) is 18.4 Å². The molecule has 32 heavy (non-hydrogen) atoms. The Kier molecular flexibility index (Phi) is 8.04. The van der Waals surface area contributed by atoms with Crippen LogP contribution in [0.1, 0.15) is 22.7 Å². The molecule has 1 heterocycles. The van der Waals surface area contributed by atoms with Crippen molar-refractivity contribution in [3.63, 3.8) is 0 Å².